The van der Waals surface area contributed by atoms with Crippen LogP contribution < -0.4 is 4.72 Å². The number of nitrogens with zero attached hydrogens (tertiary/aromatic N) is 2. The van der Waals surface area contributed by atoms with Crippen molar-refractivity contribution in [3.63, 3.8) is 0 Å². The molecule has 8 heteroatoms. The molecule has 0 fully saturated rings. The molecule has 0 aliphatic heterocycles. The lowest BCUT2D eigenvalue weighted by Crippen LogP contribution is -2.26. The Morgan fingerprint density at radius 2 is 2.00 bits per heavy atom. The van der Waals surface area contributed by atoms with Crippen molar-refractivity contribution in [2.75, 3.05) is 6.54 Å². The molecule has 2 heterocycles. The first-order chi connectivity index (χ1) is 11.9. The van der Waals surface area contributed by atoms with E-state index in [0.29, 0.717) is 29.4 Å². The number of aromatic nitrogens is 3. The molecular formula is C17H24N4O3S. The van der Waals surface area contributed by atoms with E-state index in [1.807, 2.05) is 0 Å². The van der Waals surface area contributed by atoms with Gasteiger partial charge in [-0.05, 0) is 46.0 Å². The Balaban J connectivity index is 1.83. The summed E-state index contributed by atoms with van der Waals surface area (Å²) in [5.41, 5.74) is 3.04. The predicted molar refractivity (Wildman–Crippen MR) is 94.7 cm³/mol. The summed E-state index contributed by atoms with van der Waals surface area (Å²) in [5.74, 6) is 0.614. The first kappa shape index (κ1) is 17.9. The van der Waals surface area contributed by atoms with Crippen molar-refractivity contribution < 1.29 is 12.8 Å². The summed E-state index contributed by atoms with van der Waals surface area (Å²) in [5, 5.41) is 7.79. The van der Waals surface area contributed by atoms with Gasteiger partial charge in [0, 0.05) is 24.9 Å². The van der Waals surface area contributed by atoms with Crippen LogP contribution in [-0.2, 0) is 10.0 Å². The van der Waals surface area contributed by atoms with Gasteiger partial charge in [0.2, 0.25) is 15.9 Å². The smallest absolute Gasteiger partial charge is 0.250 e. The molecule has 1 aliphatic rings. The maximum Gasteiger partial charge on any atom is 0.250 e. The summed E-state index contributed by atoms with van der Waals surface area (Å²) in [4.78, 5) is 3.26. The van der Waals surface area contributed by atoms with E-state index in [1.165, 1.54) is 18.4 Å². The zero-order valence-corrected chi connectivity index (χ0v) is 15.7. The first-order valence-electron chi connectivity index (χ1n) is 8.55. The van der Waals surface area contributed by atoms with E-state index < -0.39 is 10.0 Å². The molecule has 1 aliphatic carbocycles. The number of H-pyrrole nitrogens is 1. The highest BCUT2D eigenvalue weighted by molar-refractivity contribution is 7.89. The molecule has 25 heavy (non-hydrogen) atoms. The zero-order valence-electron chi connectivity index (χ0n) is 14.8. The summed E-state index contributed by atoms with van der Waals surface area (Å²) in [7, 11) is -3.68. The highest BCUT2D eigenvalue weighted by Gasteiger charge is 2.28. The number of sulfonamides is 1. The highest BCUT2D eigenvalue weighted by Crippen LogP contribution is 2.32. The standard InChI is InChI=1S/C17H24N4O3S/c1-11-15(17-21-20-13(3)24-17)16(12(2)19-11)25(22,23)18-10-9-14-7-5-4-6-8-14/h7,18-19H,4-6,8-10H2,1-3H3. The van der Waals surface area contributed by atoms with Crippen molar-refractivity contribution in [1.82, 2.24) is 19.9 Å². The number of nitrogens with one attached hydrogen (secondary N) is 2. The van der Waals surface area contributed by atoms with E-state index in [9.17, 15) is 8.42 Å². The molecule has 3 rings (SSSR count). The van der Waals surface area contributed by atoms with Crippen LogP contribution >= 0.6 is 0 Å². The minimum absolute atomic E-state index is 0.186. The highest BCUT2D eigenvalue weighted by atomic mass is 32.2. The molecule has 0 radical (unpaired) electrons. The lowest BCUT2D eigenvalue weighted by molar-refractivity contribution is 0.530. The molecule has 0 aromatic carbocycles. The van der Waals surface area contributed by atoms with Crippen molar-refractivity contribution in [2.45, 2.75) is 57.8 Å². The number of rotatable bonds is 6. The zero-order chi connectivity index (χ0) is 18.0. The molecule has 2 N–H and O–H groups in total. The molecule has 0 saturated carbocycles. The van der Waals surface area contributed by atoms with Crippen LogP contribution in [0.15, 0.2) is 21.0 Å². The molecule has 2 aromatic rings. The fourth-order valence-electron chi connectivity index (χ4n) is 3.30. The molecule has 0 saturated heterocycles. The van der Waals surface area contributed by atoms with Crippen molar-refractivity contribution in [3.8, 4) is 11.5 Å². The van der Waals surface area contributed by atoms with Gasteiger partial charge >= 0.3 is 0 Å². The van der Waals surface area contributed by atoms with E-state index in [4.69, 9.17) is 4.42 Å². The van der Waals surface area contributed by atoms with Gasteiger partial charge in [-0.25, -0.2) is 13.1 Å². The normalized spacial score (nSPS) is 15.4. The topological polar surface area (TPSA) is 101 Å². The Labute approximate surface area is 148 Å². The third-order valence-electron chi connectivity index (χ3n) is 4.45. The maximum absolute atomic E-state index is 12.9. The van der Waals surface area contributed by atoms with Gasteiger partial charge < -0.3 is 9.40 Å². The lowest BCUT2D eigenvalue weighted by Gasteiger charge is -2.13. The third kappa shape index (κ3) is 3.85. The Bertz CT molecular complexity index is 893. The number of allylic oxidation sites excluding steroid dienone is 1. The SMILES string of the molecule is Cc1nnc(-c2c(C)[nH]c(C)c2S(=O)(=O)NCCC2=CCCCC2)o1. The Morgan fingerprint density at radius 1 is 1.20 bits per heavy atom. The molecule has 0 atom stereocenters. The molecule has 0 bridgehead atoms. The minimum Gasteiger partial charge on any atom is -0.421 e. The molecule has 0 spiro atoms. The van der Waals surface area contributed by atoms with Crippen LogP contribution in [-0.4, -0.2) is 30.1 Å². The maximum atomic E-state index is 12.9. The van der Waals surface area contributed by atoms with Crippen molar-refractivity contribution in [3.05, 3.63) is 28.9 Å². The summed E-state index contributed by atoms with van der Waals surface area (Å²) in [6.07, 6.45) is 7.56. The predicted octanol–water partition coefficient (Wildman–Crippen LogP) is 3.16. The molecule has 7 nitrogen and oxygen atoms in total. The number of aryl methyl sites for hydroxylation is 3. The van der Waals surface area contributed by atoms with Crippen molar-refractivity contribution in [2.24, 2.45) is 0 Å². The number of aromatic amines is 1. The minimum atomic E-state index is -3.68. The van der Waals surface area contributed by atoms with Gasteiger partial charge in [-0.2, -0.15) is 0 Å². The van der Waals surface area contributed by atoms with Gasteiger partial charge in [0.1, 0.15) is 4.90 Å². The van der Waals surface area contributed by atoms with Crippen LogP contribution in [0.4, 0.5) is 0 Å². The molecule has 0 amide bonds. The van der Waals surface area contributed by atoms with Crippen LogP contribution in [0.2, 0.25) is 0 Å². The van der Waals surface area contributed by atoms with Crippen LogP contribution in [0.25, 0.3) is 11.5 Å². The van der Waals surface area contributed by atoms with E-state index >= 15 is 0 Å². The summed E-state index contributed by atoms with van der Waals surface area (Å²) >= 11 is 0. The molecule has 2 aromatic heterocycles. The fraction of sp³-hybridized carbons (Fsp3) is 0.529. The first-order valence-corrected chi connectivity index (χ1v) is 10.0. The lowest BCUT2D eigenvalue weighted by atomic mass is 9.97. The van der Waals surface area contributed by atoms with Gasteiger partial charge in [0.25, 0.3) is 5.89 Å². The Morgan fingerprint density at radius 3 is 2.64 bits per heavy atom. The summed E-state index contributed by atoms with van der Waals surface area (Å²) in [6, 6.07) is 0. The third-order valence-corrected chi connectivity index (χ3v) is 6.08. The van der Waals surface area contributed by atoms with Gasteiger partial charge in [0.15, 0.2) is 0 Å². The van der Waals surface area contributed by atoms with Crippen LogP contribution in [0.3, 0.4) is 0 Å². The van der Waals surface area contributed by atoms with Crippen LogP contribution in [0.1, 0.15) is 49.4 Å². The van der Waals surface area contributed by atoms with E-state index in [1.54, 1.807) is 20.8 Å². The van der Waals surface area contributed by atoms with Gasteiger partial charge in [-0.3, -0.25) is 0 Å². The van der Waals surface area contributed by atoms with Crippen molar-refractivity contribution in [1.29, 1.82) is 0 Å². The van der Waals surface area contributed by atoms with Gasteiger partial charge in [-0.15, -0.1) is 10.2 Å². The Hall–Kier alpha value is -1.93. The van der Waals surface area contributed by atoms with Crippen molar-refractivity contribution >= 4 is 10.0 Å². The fourth-order valence-corrected chi connectivity index (χ4v) is 4.78. The second-order valence-electron chi connectivity index (χ2n) is 6.46. The molecule has 0 unspecified atom stereocenters. The van der Waals surface area contributed by atoms with E-state index in [2.05, 4.69) is 26.0 Å². The quantitative estimate of drug-likeness (QED) is 0.767. The monoisotopic (exact) mass is 364 g/mol. The largest absolute Gasteiger partial charge is 0.421 e. The van der Waals surface area contributed by atoms with Crippen LogP contribution in [0, 0.1) is 20.8 Å². The summed E-state index contributed by atoms with van der Waals surface area (Å²) in [6.45, 7) is 5.60. The molecule has 136 valence electrons. The van der Waals surface area contributed by atoms with Gasteiger partial charge in [-0.1, -0.05) is 11.6 Å². The second kappa shape index (κ2) is 7.13. The van der Waals surface area contributed by atoms with E-state index in [-0.39, 0.29) is 10.8 Å². The summed E-state index contributed by atoms with van der Waals surface area (Å²) < 4.78 is 33.9. The average molecular weight is 364 g/mol. The Kier molecular flexibility index (Phi) is 5.10. The van der Waals surface area contributed by atoms with Gasteiger partial charge in [0.05, 0.1) is 5.56 Å². The van der Waals surface area contributed by atoms with Crippen LogP contribution in [0.5, 0.6) is 0 Å². The second-order valence-corrected chi connectivity index (χ2v) is 8.17. The van der Waals surface area contributed by atoms with E-state index in [0.717, 1.165) is 19.3 Å². The number of hydrogen-bond acceptors (Lipinski definition) is 5. The number of hydrogen-bond donors (Lipinski definition) is 2. The average Bonchev–Trinajstić information content (AvgIpc) is 3.11. The molecular weight excluding hydrogens is 340 g/mol.